The van der Waals surface area contributed by atoms with Crippen molar-refractivity contribution < 1.29 is 19.5 Å². The molecule has 2 rings (SSSR count). The molecular weight excluding hydrogens is 236 g/mol. The summed E-state index contributed by atoms with van der Waals surface area (Å²) in [6.45, 7) is 0.160. The van der Waals surface area contributed by atoms with Crippen LogP contribution in [0.3, 0.4) is 0 Å². The van der Waals surface area contributed by atoms with E-state index in [1.807, 2.05) is 0 Å². The largest absolute Gasteiger partial charge is 0.481 e. The lowest BCUT2D eigenvalue weighted by molar-refractivity contribution is -0.148. The van der Waals surface area contributed by atoms with Crippen molar-refractivity contribution in [3.8, 4) is 0 Å². The quantitative estimate of drug-likeness (QED) is 0.659. The van der Waals surface area contributed by atoms with Gasteiger partial charge in [-0.05, 0) is 19.3 Å². The Labute approximate surface area is 105 Å². The van der Waals surface area contributed by atoms with Gasteiger partial charge in [0, 0.05) is 13.0 Å². The second kappa shape index (κ2) is 4.96. The number of carboxylic acid groups (broad SMARTS) is 1. The predicted molar refractivity (Wildman–Crippen MR) is 62.7 cm³/mol. The molecule has 0 bridgehead atoms. The molecule has 3 N–H and O–H groups in total. The van der Waals surface area contributed by atoms with Crippen LogP contribution in [0.25, 0.3) is 0 Å². The molecule has 0 aromatic carbocycles. The summed E-state index contributed by atoms with van der Waals surface area (Å²) in [5.74, 6) is -1.23. The van der Waals surface area contributed by atoms with Crippen molar-refractivity contribution in [3.05, 3.63) is 0 Å². The molecule has 1 unspecified atom stereocenters. The fourth-order valence-corrected chi connectivity index (χ4v) is 2.71. The normalized spacial score (nSPS) is 25.8. The van der Waals surface area contributed by atoms with Crippen LogP contribution in [0.4, 0.5) is 0 Å². The van der Waals surface area contributed by atoms with Crippen molar-refractivity contribution in [2.45, 2.75) is 44.6 Å². The number of carboxylic acids is 1. The molecule has 18 heavy (non-hydrogen) atoms. The molecule has 1 saturated carbocycles. The number of hydrogen-bond donors (Lipinski definition) is 3. The Bertz CT molecular complexity index is 374. The zero-order chi connectivity index (χ0) is 13.2. The molecule has 1 aliphatic heterocycles. The predicted octanol–water partition coefficient (Wildman–Crippen LogP) is 0.0262. The Kier molecular flexibility index (Phi) is 3.54. The Morgan fingerprint density at radius 3 is 2.56 bits per heavy atom. The highest BCUT2D eigenvalue weighted by molar-refractivity contribution is 5.91. The molecule has 1 atom stereocenters. The van der Waals surface area contributed by atoms with E-state index in [9.17, 15) is 19.5 Å². The minimum atomic E-state index is -0.837. The second-order valence-corrected chi connectivity index (χ2v) is 5.17. The van der Waals surface area contributed by atoms with E-state index >= 15 is 0 Å². The van der Waals surface area contributed by atoms with Crippen molar-refractivity contribution in [2.75, 3.05) is 6.54 Å². The Balaban J connectivity index is 1.88. The van der Waals surface area contributed by atoms with Gasteiger partial charge in [0.25, 0.3) is 0 Å². The standard InChI is InChI=1S/C12H18N2O4/c15-9-4-3-8(14-9)10(16)13-7-12(11(17)18)5-1-2-6-12/h8H,1-7H2,(H,13,16)(H,14,15)(H,17,18). The van der Waals surface area contributed by atoms with Crippen molar-refractivity contribution in [1.29, 1.82) is 0 Å². The summed E-state index contributed by atoms with van der Waals surface area (Å²) >= 11 is 0. The summed E-state index contributed by atoms with van der Waals surface area (Å²) in [7, 11) is 0. The third-order valence-electron chi connectivity index (χ3n) is 3.93. The van der Waals surface area contributed by atoms with Crippen molar-refractivity contribution >= 4 is 17.8 Å². The van der Waals surface area contributed by atoms with Gasteiger partial charge in [0.15, 0.2) is 0 Å². The summed E-state index contributed by atoms with van der Waals surface area (Å²) in [6.07, 6.45) is 3.86. The number of hydrogen-bond acceptors (Lipinski definition) is 3. The lowest BCUT2D eigenvalue weighted by Crippen LogP contribution is -2.47. The van der Waals surface area contributed by atoms with E-state index in [0.717, 1.165) is 12.8 Å². The molecule has 1 heterocycles. The number of carbonyl (C=O) groups is 3. The summed E-state index contributed by atoms with van der Waals surface area (Å²) in [4.78, 5) is 34.1. The number of aliphatic carboxylic acids is 1. The van der Waals surface area contributed by atoms with Crippen LogP contribution in [0.15, 0.2) is 0 Å². The minimum absolute atomic E-state index is 0.121. The lowest BCUT2D eigenvalue weighted by Gasteiger charge is -2.24. The number of nitrogens with one attached hydrogen (secondary N) is 2. The molecule has 0 aromatic rings. The smallest absolute Gasteiger partial charge is 0.311 e. The summed E-state index contributed by atoms with van der Waals surface area (Å²) in [5.41, 5.74) is -0.807. The van der Waals surface area contributed by atoms with Gasteiger partial charge in [-0.3, -0.25) is 14.4 Å². The van der Waals surface area contributed by atoms with E-state index in [1.165, 1.54) is 0 Å². The number of amides is 2. The first-order valence-electron chi connectivity index (χ1n) is 6.34. The molecule has 0 spiro atoms. The topological polar surface area (TPSA) is 95.5 Å². The molecule has 2 amide bonds. The highest BCUT2D eigenvalue weighted by Gasteiger charge is 2.42. The van der Waals surface area contributed by atoms with Crippen LogP contribution in [0.1, 0.15) is 38.5 Å². The van der Waals surface area contributed by atoms with Gasteiger partial charge in [0.1, 0.15) is 6.04 Å². The maximum Gasteiger partial charge on any atom is 0.311 e. The Morgan fingerprint density at radius 1 is 1.39 bits per heavy atom. The molecule has 6 heteroatoms. The monoisotopic (exact) mass is 254 g/mol. The minimum Gasteiger partial charge on any atom is -0.481 e. The molecule has 0 radical (unpaired) electrons. The van der Waals surface area contributed by atoms with Gasteiger partial charge in [-0.15, -0.1) is 0 Å². The van der Waals surface area contributed by atoms with Gasteiger partial charge in [-0.2, -0.15) is 0 Å². The zero-order valence-electron chi connectivity index (χ0n) is 10.2. The van der Waals surface area contributed by atoms with Crippen molar-refractivity contribution in [2.24, 2.45) is 5.41 Å². The third-order valence-corrected chi connectivity index (χ3v) is 3.93. The summed E-state index contributed by atoms with van der Waals surface area (Å²) in [6, 6.07) is -0.496. The maximum atomic E-state index is 11.8. The van der Waals surface area contributed by atoms with Crippen LogP contribution in [0.5, 0.6) is 0 Å². The van der Waals surface area contributed by atoms with Gasteiger partial charge in [-0.1, -0.05) is 12.8 Å². The molecule has 1 aliphatic carbocycles. The lowest BCUT2D eigenvalue weighted by atomic mass is 9.86. The SMILES string of the molecule is O=C1CCC(C(=O)NCC2(C(=O)O)CCCC2)N1. The van der Waals surface area contributed by atoms with Crippen molar-refractivity contribution in [1.82, 2.24) is 10.6 Å². The van der Waals surface area contributed by atoms with E-state index in [0.29, 0.717) is 25.7 Å². The highest BCUT2D eigenvalue weighted by atomic mass is 16.4. The summed E-state index contributed by atoms with van der Waals surface area (Å²) in [5, 5.41) is 14.5. The average Bonchev–Trinajstić information content (AvgIpc) is 2.95. The zero-order valence-corrected chi connectivity index (χ0v) is 10.2. The van der Waals surface area contributed by atoms with Gasteiger partial charge in [-0.25, -0.2) is 0 Å². The maximum absolute atomic E-state index is 11.8. The Morgan fingerprint density at radius 2 is 2.06 bits per heavy atom. The molecule has 2 fully saturated rings. The second-order valence-electron chi connectivity index (χ2n) is 5.17. The summed E-state index contributed by atoms with van der Waals surface area (Å²) < 4.78 is 0. The fraction of sp³-hybridized carbons (Fsp3) is 0.750. The fourth-order valence-electron chi connectivity index (χ4n) is 2.71. The van der Waals surface area contributed by atoms with E-state index in [4.69, 9.17) is 0 Å². The molecule has 100 valence electrons. The Hall–Kier alpha value is -1.59. The van der Waals surface area contributed by atoms with E-state index in [1.54, 1.807) is 0 Å². The van der Waals surface area contributed by atoms with Gasteiger partial charge in [0.2, 0.25) is 11.8 Å². The highest BCUT2D eigenvalue weighted by Crippen LogP contribution is 2.37. The molecule has 0 aromatic heterocycles. The van der Waals surface area contributed by atoms with Crippen LogP contribution in [0, 0.1) is 5.41 Å². The van der Waals surface area contributed by atoms with E-state index < -0.39 is 17.4 Å². The number of carbonyl (C=O) groups excluding carboxylic acids is 2. The van der Waals surface area contributed by atoms with Crippen molar-refractivity contribution in [3.63, 3.8) is 0 Å². The third kappa shape index (κ3) is 2.47. The molecule has 2 aliphatic rings. The first-order valence-corrected chi connectivity index (χ1v) is 6.34. The number of rotatable bonds is 4. The van der Waals surface area contributed by atoms with Crippen LogP contribution < -0.4 is 10.6 Å². The molecule has 1 saturated heterocycles. The molecule has 6 nitrogen and oxygen atoms in total. The van der Waals surface area contributed by atoms with Crippen LogP contribution in [-0.2, 0) is 14.4 Å². The van der Waals surface area contributed by atoms with Crippen LogP contribution in [-0.4, -0.2) is 35.5 Å². The molecular formula is C12H18N2O4. The average molecular weight is 254 g/mol. The van der Waals surface area contributed by atoms with Gasteiger partial charge < -0.3 is 15.7 Å². The van der Waals surface area contributed by atoms with E-state index in [-0.39, 0.29) is 18.4 Å². The van der Waals surface area contributed by atoms with Gasteiger partial charge >= 0.3 is 5.97 Å². The van der Waals surface area contributed by atoms with Gasteiger partial charge in [0.05, 0.1) is 5.41 Å². The first-order chi connectivity index (χ1) is 8.53. The van der Waals surface area contributed by atoms with Crippen LogP contribution >= 0.6 is 0 Å². The van der Waals surface area contributed by atoms with E-state index in [2.05, 4.69) is 10.6 Å². The first kappa shape index (κ1) is 12.9. The van der Waals surface area contributed by atoms with Crippen LogP contribution in [0.2, 0.25) is 0 Å².